The van der Waals surface area contributed by atoms with Gasteiger partial charge in [0.25, 0.3) is 0 Å². The second-order valence-electron chi connectivity index (χ2n) is 6.30. The van der Waals surface area contributed by atoms with Gasteiger partial charge in [-0.15, -0.1) is 0 Å². The van der Waals surface area contributed by atoms with Crippen LogP contribution in [-0.4, -0.2) is 54.4 Å². The van der Waals surface area contributed by atoms with E-state index < -0.39 is 17.8 Å². The summed E-state index contributed by atoms with van der Waals surface area (Å²) in [6.07, 6.45) is 0.295. The Morgan fingerprint density at radius 3 is 2.33 bits per heavy atom. The number of imide groups is 1. The first-order valence-electron chi connectivity index (χ1n) is 7.10. The van der Waals surface area contributed by atoms with Crippen LogP contribution in [0.25, 0.3) is 0 Å². The van der Waals surface area contributed by atoms with Crippen LogP contribution in [-0.2, 0) is 14.3 Å². The van der Waals surface area contributed by atoms with Crippen molar-refractivity contribution in [2.45, 2.75) is 52.2 Å². The molecule has 2 atom stereocenters. The molecule has 3 amide bonds. The molecule has 1 aliphatic heterocycles. The second kappa shape index (κ2) is 6.43. The molecule has 0 aromatic rings. The molecule has 7 nitrogen and oxygen atoms in total. The summed E-state index contributed by atoms with van der Waals surface area (Å²) in [5.41, 5.74) is -0.636. The van der Waals surface area contributed by atoms with Gasteiger partial charge in [0.2, 0.25) is 0 Å². The molecule has 0 bridgehead atoms. The first-order chi connectivity index (χ1) is 9.63. The average Bonchev–Trinajstić information content (AvgIpc) is 2.76. The minimum Gasteiger partial charge on any atom is -0.444 e. The minimum atomic E-state index is -0.675. The lowest BCUT2D eigenvalue weighted by Crippen LogP contribution is -2.61. The van der Waals surface area contributed by atoms with Gasteiger partial charge < -0.3 is 14.8 Å². The van der Waals surface area contributed by atoms with Gasteiger partial charge in [0.05, 0.1) is 13.7 Å². The molecule has 0 spiro atoms. The molecule has 120 valence electrons. The Morgan fingerprint density at radius 2 is 1.90 bits per heavy atom. The van der Waals surface area contributed by atoms with Gasteiger partial charge in [0.15, 0.2) is 0 Å². The summed E-state index contributed by atoms with van der Waals surface area (Å²) in [5.74, 6) is -0.377. The number of carbonyl (C=O) groups excluding carboxylic acids is 3. The summed E-state index contributed by atoms with van der Waals surface area (Å²) in [6, 6.07) is -0.148. The predicted molar refractivity (Wildman–Crippen MR) is 75.5 cm³/mol. The van der Waals surface area contributed by atoms with Gasteiger partial charge in [0, 0.05) is 12.8 Å². The van der Waals surface area contributed by atoms with E-state index in [1.165, 1.54) is 7.11 Å². The van der Waals surface area contributed by atoms with Crippen LogP contribution in [0.4, 0.5) is 9.59 Å². The van der Waals surface area contributed by atoms with Crippen molar-refractivity contribution in [3.8, 4) is 0 Å². The van der Waals surface area contributed by atoms with Crippen LogP contribution in [0.5, 0.6) is 0 Å². The van der Waals surface area contributed by atoms with Crippen LogP contribution < -0.4 is 5.32 Å². The molecule has 1 fully saturated rings. The predicted octanol–water partition coefficient (Wildman–Crippen LogP) is 1.80. The standard InChI is InChI=1S/C14H24N2O5/c1-10-7-6-8-16(10,13(19)20-5)11(17)9-15-12(18)21-14(2,3)4/h10H,6-9H2,1-5H3/p+1/t10-,16?/m1/s1. The molecule has 1 aliphatic rings. The third-order valence-corrected chi connectivity index (χ3v) is 3.61. The highest BCUT2D eigenvalue weighted by Gasteiger charge is 2.53. The average molecular weight is 301 g/mol. The lowest BCUT2D eigenvalue weighted by Gasteiger charge is -2.31. The van der Waals surface area contributed by atoms with Crippen molar-refractivity contribution in [2.75, 3.05) is 20.2 Å². The molecule has 0 saturated carbocycles. The van der Waals surface area contributed by atoms with Gasteiger partial charge >= 0.3 is 18.1 Å². The Morgan fingerprint density at radius 1 is 1.29 bits per heavy atom. The smallest absolute Gasteiger partial charge is 0.444 e. The molecule has 1 unspecified atom stereocenters. The number of hydrogen-bond donors (Lipinski definition) is 1. The molecule has 0 radical (unpaired) electrons. The maximum Gasteiger partial charge on any atom is 0.523 e. The van der Waals surface area contributed by atoms with Gasteiger partial charge in [-0.05, 0) is 27.7 Å². The monoisotopic (exact) mass is 301 g/mol. The number of nitrogens with zero attached hydrogens (tertiary/aromatic N) is 1. The number of carbonyl (C=O) groups is 3. The van der Waals surface area contributed by atoms with Gasteiger partial charge in [-0.2, -0.15) is 9.28 Å². The van der Waals surface area contributed by atoms with Crippen LogP contribution in [0.2, 0.25) is 0 Å². The third kappa shape index (κ3) is 3.93. The molecule has 21 heavy (non-hydrogen) atoms. The van der Waals surface area contributed by atoms with Gasteiger partial charge in [-0.1, -0.05) is 0 Å². The number of nitrogens with one attached hydrogen (secondary N) is 1. The zero-order chi connectivity index (χ0) is 16.3. The van der Waals surface area contributed by atoms with E-state index in [1.54, 1.807) is 20.8 Å². The molecular weight excluding hydrogens is 276 g/mol. The number of amides is 3. The second-order valence-corrected chi connectivity index (χ2v) is 6.30. The number of hydrogen-bond acceptors (Lipinski definition) is 5. The summed E-state index contributed by atoms with van der Waals surface area (Å²) in [5, 5.41) is 2.41. The summed E-state index contributed by atoms with van der Waals surface area (Å²) >= 11 is 0. The fourth-order valence-corrected chi connectivity index (χ4v) is 2.59. The Labute approximate surface area is 125 Å². The summed E-state index contributed by atoms with van der Waals surface area (Å²) in [6.45, 7) is 7.20. The zero-order valence-electron chi connectivity index (χ0n) is 13.4. The van der Waals surface area contributed by atoms with Crippen molar-refractivity contribution in [2.24, 2.45) is 0 Å². The molecule has 1 heterocycles. The van der Waals surface area contributed by atoms with E-state index in [1.807, 2.05) is 6.92 Å². The van der Waals surface area contributed by atoms with Crippen LogP contribution in [0.3, 0.4) is 0 Å². The Hall–Kier alpha value is -1.63. The highest BCUT2D eigenvalue weighted by Crippen LogP contribution is 2.28. The molecule has 0 aromatic carbocycles. The van der Waals surface area contributed by atoms with Crippen LogP contribution >= 0.6 is 0 Å². The highest BCUT2D eigenvalue weighted by molar-refractivity contribution is 5.85. The van der Waals surface area contributed by atoms with E-state index in [-0.39, 0.29) is 23.0 Å². The first kappa shape index (κ1) is 17.4. The van der Waals surface area contributed by atoms with Crippen LogP contribution in [0, 0.1) is 0 Å². The molecule has 1 N–H and O–H groups in total. The van der Waals surface area contributed by atoms with Crippen LogP contribution in [0.1, 0.15) is 40.5 Å². The number of likely N-dealkylation sites (tertiary alicyclic amines) is 1. The van der Waals surface area contributed by atoms with Crippen molar-refractivity contribution >= 4 is 18.1 Å². The van der Waals surface area contributed by atoms with E-state index in [0.717, 1.165) is 12.8 Å². The molecule has 1 rings (SSSR count). The SMILES string of the molecule is COC(=O)[N+]1(C(=O)CNC(=O)OC(C)(C)C)CCC[C@H]1C. The Balaban J connectivity index is 2.72. The fraction of sp³-hybridized carbons (Fsp3) is 0.786. The number of ether oxygens (including phenoxy) is 2. The van der Waals surface area contributed by atoms with E-state index in [2.05, 4.69) is 5.32 Å². The zero-order valence-corrected chi connectivity index (χ0v) is 13.4. The lowest BCUT2D eigenvalue weighted by molar-refractivity contribution is -0.792. The fourth-order valence-electron chi connectivity index (χ4n) is 2.59. The molecular formula is C14H25N2O5+. The van der Waals surface area contributed by atoms with Gasteiger partial charge in [0.1, 0.15) is 18.2 Å². The van der Waals surface area contributed by atoms with Crippen molar-refractivity contribution in [3.63, 3.8) is 0 Å². The Bertz CT molecular complexity index is 430. The number of alkyl carbamates (subject to hydrolysis) is 1. The van der Waals surface area contributed by atoms with Gasteiger partial charge in [-0.25, -0.2) is 9.59 Å². The van der Waals surface area contributed by atoms with E-state index in [0.29, 0.717) is 6.54 Å². The lowest BCUT2D eigenvalue weighted by atomic mass is 10.2. The molecule has 7 heteroatoms. The summed E-state index contributed by atoms with van der Waals surface area (Å²) in [4.78, 5) is 36.1. The summed E-state index contributed by atoms with van der Waals surface area (Å²) in [7, 11) is 1.27. The number of rotatable bonds is 2. The van der Waals surface area contributed by atoms with Crippen molar-refractivity contribution in [1.82, 2.24) is 5.32 Å². The number of methoxy groups -OCH3 is 1. The normalized spacial score (nSPS) is 25.3. The minimum absolute atomic E-state index is 0.148. The topological polar surface area (TPSA) is 81.7 Å². The van der Waals surface area contributed by atoms with E-state index in [9.17, 15) is 14.4 Å². The van der Waals surface area contributed by atoms with E-state index >= 15 is 0 Å². The summed E-state index contributed by atoms with van der Waals surface area (Å²) < 4.78 is 9.49. The van der Waals surface area contributed by atoms with Crippen molar-refractivity contribution in [1.29, 1.82) is 0 Å². The maximum atomic E-state index is 12.4. The Kier molecular flexibility index (Phi) is 5.33. The van der Waals surface area contributed by atoms with Crippen molar-refractivity contribution in [3.05, 3.63) is 0 Å². The largest absolute Gasteiger partial charge is 0.523 e. The van der Waals surface area contributed by atoms with E-state index in [4.69, 9.17) is 9.47 Å². The van der Waals surface area contributed by atoms with Crippen LogP contribution in [0.15, 0.2) is 0 Å². The molecule has 1 saturated heterocycles. The maximum absolute atomic E-state index is 12.4. The first-order valence-corrected chi connectivity index (χ1v) is 7.10. The van der Waals surface area contributed by atoms with Gasteiger partial charge in [-0.3, -0.25) is 0 Å². The molecule has 0 aromatic heterocycles. The number of quaternary nitrogens is 1. The highest BCUT2D eigenvalue weighted by atomic mass is 16.6. The third-order valence-electron chi connectivity index (χ3n) is 3.61. The van der Waals surface area contributed by atoms with Crippen molar-refractivity contribution < 1.29 is 28.3 Å². The quantitative estimate of drug-likeness (QED) is 0.787. The molecule has 0 aliphatic carbocycles.